The third-order valence-electron chi connectivity index (χ3n) is 3.04. The number of carbonyl (C=O) groups is 1. The van der Waals surface area contributed by atoms with Crippen LogP contribution in [0.3, 0.4) is 0 Å². The lowest BCUT2D eigenvalue weighted by Gasteiger charge is -2.10. The largest absolute Gasteiger partial charge is 0.468 e. The van der Waals surface area contributed by atoms with E-state index in [4.69, 9.17) is 20.8 Å². The first-order valence-corrected chi connectivity index (χ1v) is 8.24. The summed E-state index contributed by atoms with van der Waals surface area (Å²) in [5.74, 6) is 0.0585. The fourth-order valence-corrected chi connectivity index (χ4v) is 3.02. The number of carbonyl (C=O) groups excluding carboxylic acids is 1. The molecule has 22 heavy (non-hydrogen) atoms. The van der Waals surface area contributed by atoms with E-state index in [0.717, 1.165) is 12.8 Å². The van der Waals surface area contributed by atoms with Crippen molar-refractivity contribution in [1.82, 2.24) is 10.2 Å². The predicted octanol–water partition coefficient (Wildman–Crippen LogP) is 4.21. The van der Waals surface area contributed by atoms with E-state index >= 15 is 0 Å². The number of esters is 1. The lowest BCUT2D eigenvalue weighted by molar-refractivity contribution is -0.140. The molecule has 1 heterocycles. The summed E-state index contributed by atoms with van der Waals surface area (Å²) < 4.78 is 10.4. The van der Waals surface area contributed by atoms with Crippen LogP contribution in [0.2, 0.25) is 5.02 Å². The molecular weight excluding hydrogens is 324 g/mol. The first-order chi connectivity index (χ1) is 10.7. The summed E-state index contributed by atoms with van der Waals surface area (Å²) in [6.07, 6.45) is 2.64. The molecule has 1 aromatic carbocycles. The number of nitrogens with zero attached hydrogens (tertiary/aromatic N) is 2. The van der Waals surface area contributed by atoms with Crippen LogP contribution in [0.4, 0.5) is 0 Å². The van der Waals surface area contributed by atoms with Crippen molar-refractivity contribution in [3.63, 3.8) is 0 Å². The van der Waals surface area contributed by atoms with Gasteiger partial charge in [0.2, 0.25) is 5.89 Å². The Labute approximate surface area is 138 Å². The Morgan fingerprint density at radius 2 is 2.18 bits per heavy atom. The van der Waals surface area contributed by atoms with Crippen LogP contribution in [0, 0.1) is 0 Å². The fourth-order valence-electron chi connectivity index (χ4n) is 1.87. The number of unbranched alkanes of at least 4 members (excludes halogenated alkanes) is 1. The van der Waals surface area contributed by atoms with Gasteiger partial charge in [-0.1, -0.05) is 55.3 Å². The standard InChI is InChI=1S/C15H17ClN2O3S/c1-3-4-9-12(14(19)20-2)22-15-18-17-13(21-15)10-7-5-6-8-11(10)16/h5-8,12H,3-4,9H2,1-2H3. The highest BCUT2D eigenvalue weighted by molar-refractivity contribution is 8.00. The van der Waals surface area contributed by atoms with Gasteiger partial charge in [0, 0.05) is 0 Å². The maximum atomic E-state index is 11.8. The summed E-state index contributed by atoms with van der Waals surface area (Å²) in [5.41, 5.74) is 0.673. The zero-order valence-corrected chi connectivity index (χ0v) is 14.0. The van der Waals surface area contributed by atoms with Crippen LogP contribution in [0.15, 0.2) is 33.9 Å². The quantitative estimate of drug-likeness (QED) is 0.555. The van der Waals surface area contributed by atoms with Crippen LogP contribution in [0.25, 0.3) is 11.5 Å². The molecule has 2 aromatic rings. The van der Waals surface area contributed by atoms with Crippen LogP contribution >= 0.6 is 23.4 Å². The van der Waals surface area contributed by atoms with Crippen molar-refractivity contribution in [2.75, 3.05) is 7.11 Å². The van der Waals surface area contributed by atoms with E-state index in [2.05, 4.69) is 17.1 Å². The Morgan fingerprint density at radius 1 is 1.41 bits per heavy atom. The molecule has 0 spiro atoms. The van der Waals surface area contributed by atoms with Gasteiger partial charge < -0.3 is 9.15 Å². The van der Waals surface area contributed by atoms with Crippen molar-refractivity contribution >= 4 is 29.3 Å². The molecule has 1 unspecified atom stereocenters. The molecule has 0 radical (unpaired) electrons. The van der Waals surface area contributed by atoms with E-state index in [1.54, 1.807) is 12.1 Å². The average Bonchev–Trinajstić information content (AvgIpc) is 2.99. The molecule has 5 nitrogen and oxygen atoms in total. The average molecular weight is 341 g/mol. The summed E-state index contributed by atoms with van der Waals surface area (Å²) in [6, 6.07) is 7.23. The van der Waals surface area contributed by atoms with Gasteiger partial charge in [-0.3, -0.25) is 4.79 Å². The first kappa shape index (κ1) is 16.8. The smallest absolute Gasteiger partial charge is 0.319 e. The Morgan fingerprint density at radius 3 is 2.86 bits per heavy atom. The molecule has 0 amide bonds. The summed E-state index contributed by atoms with van der Waals surface area (Å²) in [6.45, 7) is 2.07. The monoisotopic (exact) mass is 340 g/mol. The second-order valence-corrected chi connectivity index (χ2v) is 6.19. The molecular formula is C15H17ClN2O3S. The minimum atomic E-state index is -0.343. The van der Waals surface area contributed by atoms with Gasteiger partial charge in [-0.05, 0) is 18.6 Å². The highest BCUT2D eigenvalue weighted by Gasteiger charge is 2.23. The lowest BCUT2D eigenvalue weighted by Crippen LogP contribution is -2.18. The second kappa shape index (κ2) is 8.19. The van der Waals surface area contributed by atoms with Gasteiger partial charge in [0.1, 0.15) is 5.25 Å². The van der Waals surface area contributed by atoms with Crippen molar-refractivity contribution in [3.8, 4) is 11.5 Å². The molecule has 0 N–H and O–H groups in total. The summed E-state index contributed by atoms with van der Waals surface area (Å²) in [7, 11) is 1.38. The van der Waals surface area contributed by atoms with Gasteiger partial charge in [0.05, 0.1) is 17.7 Å². The number of halogens is 1. The molecule has 0 saturated carbocycles. The second-order valence-electron chi connectivity index (χ2n) is 4.62. The van der Waals surface area contributed by atoms with E-state index in [0.29, 0.717) is 28.1 Å². The van der Waals surface area contributed by atoms with Gasteiger partial charge >= 0.3 is 5.97 Å². The summed E-state index contributed by atoms with van der Waals surface area (Å²) in [5, 5.41) is 8.50. The Balaban J connectivity index is 2.13. The number of aromatic nitrogens is 2. The normalized spacial score (nSPS) is 12.1. The molecule has 0 aliphatic rings. The predicted molar refractivity (Wildman–Crippen MR) is 85.9 cm³/mol. The van der Waals surface area contributed by atoms with Crippen molar-refractivity contribution in [1.29, 1.82) is 0 Å². The molecule has 1 aromatic heterocycles. The molecule has 1 atom stereocenters. The van der Waals surface area contributed by atoms with Crippen molar-refractivity contribution in [2.24, 2.45) is 0 Å². The number of methoxy groups -OCH3 is 1. The summed E-state index contributed by atoms with van der Waals surface area (Å²) in [4.78, 5) is 11.8. The Bertz CT molecular complexity index is 633. The molecule has 7 heteroatoms. The van der Waals surface area contributed by atoms with Gasteiger partial charge in [0.15, 0.2) is 0 Å². The Kier molecular flexibility index (Phi) is 6.27. The van der Waals surface area contributed by atoms with Gasteiger partial charge in [-0.15, -0.1) is 10.2 Å². The number of rotatable bonds is 7. The summed E-state index contributed by atoms with van der Waals surface area (Å²) >= 11 is 7.33. The molecule has 2 rings (SSSR count). The zero-order valence-electron chi connectivity index (χ0n) is 12.4. The maximum absolute atomic E-state index is 11.8. The SMILES string of the molecule is CCCCC(Sc1nnc(-c2ccccc2Cl)o1)C(=O)OC. The molecule has 0 bridgehead atoms. The third-order valence-corrected chi connectivity index (χ3v) is 4.45. The number of thioether (sulfide) groups is 1. The van der Waals surface area contributed by atoms with Crippen molar-refractivity contribution in [2.45, 2.75) is 36.7 Å². The lowest BCUT2D eigenvalue weighted by atomic mass is 10.2. The van der Waals surface area contributed by atoms with Crippen molar-refractivity contribution in [3.05, 3.63) is 29.3 Å². The van der Waals surface area contributed by atoms with E-state index in [1.165, 1.54) is 18.9 Å². The van der Waals surface area contributed by atoms with E-state index < -0.39 is 0 Å². The topological polar surface area (TPSA) is 65.2 Å². The minimum absolute atomic E-state index is 0.282. The molecule has 118 valence electrons. The highest BCUT2D eigenvalue weighted by atomic mass is 35.5. The van der Waals surface area contributed by atoms with E-state index in [1.807, 2.05) is 12.1 Å². The molecule has 0 aliphatic heterocycles. The van der Waals surface area contributed by atoms with Gasteiger partial charge in [-0.2, -0.15) is 0 Å². The highest BCUT2D eigenvalue weighted by Crippen LogP contribution is 2.31. The number of hydrogen-bond donors (Lipinski definition) is 0. The first-order valence-electron chi connectivity index (χ1n) is 6.98. The van der Waals surface area contributed by atoms with Crippen LogP contribution in [-0.2, 0) is 9.53 Å². The minimum Gasteiger partial charge on any atom is -0.468 e. The molecule has 0 aliphatic carbocycles. The van der Waals surface area contributed by atoms with Crippen LogP contribution in [-0.4, -0.2) is 28.5 Å². The van der Waals surface area contributed by atoms with E-state index in [-0.39, 0.29) is 11.2 Å². The number of benzene rings is 1. The van der Waals surface area contributed by atoms with Crippen LogP contribution in [0.1, 0.15) is 26.2 Å². The fraction of sp³-hybridized carbons (Fsp3) is 0.400. The Hall–Kier alpha value is -1.53. The third kappa shape index (κ3) is 4.24. The van der Waals surface area contributed by atoms with Crippen LogP contribution in [0.5, 0.6) is 0 Å². The van der Waals surface area contributed by atoms with Crippen LogP contribution < -0.4 is 0 Å². The molecule has 0 fully saturated rings. The molecule has 0 saturated heterocycles. The number of hydrogen-bond acceptors (Lipinski definition) is 6. The number of ether oxygens (including phenoxy) is 1. The van der Waals surface area contributed by atoms with E-state index in [9.17, 15) is 4.79 Å². The van der Waals surface area contributed by atoms with Gasteiger partial charge in [0.25, 0.3) is 5.22 Å². The zero-order chi connectivity index (χ0) is 15.9. The maximum Gasteiger partial charge on any atom is 0.319 e. The van der Waals surface area contributed by atoms with Gasteiger partial charge in [-0.25, -0.2) is 0 Å². The van der Waals surface area contributed by atoms with Crippen molar-refractivity contribution < 1.29 is 13.9 Å².